The molecule has 35 heavy (non-hydrogen) atoms. The van der Waals surface area contributed by atoms with Crippen LogP contribution in [0.2, 0.25) is 0 Å². The number of piperidine rings is 1. The molecule has 3 heterocycles. The number of nitrogens with zero attached hydrogens (tertiary/aromatic N) is 3. The monoisotopic (exact) mass is 494 g/mol. The molecule has 1 aromatic carbocycles. The summed E-state index contributed by atoms with van der Waals surface area (Å²) in [4.78, 5) is 48.1. The van der Waals surface area contributed by atoms with Crippen molar-refractivity contribution in [1.82, 2.24) is 20.1 Å². The van der Waals surface area contributed by atoms with E-state index in [1.165, 1.54) is 9.80 Å². The molecule has 2 aliphatic rings. The first-order valence-corrected chi connectivity index (χ1v) is 13.6. The van der Waals surface area contributed by atoms with E-state index in [1.807, 2.05) is 60.5 Å². The molecular formula is C27H34N4O3S. The molecule has 2 saturated heterocycles. The maximum Gasteiger partial charge on any atom is 0.325 e. The van der Waals surface area contributed by atoms with E-state index in [0.717, 1.165) is 17.7 Å². The second kappa shape index (κ2) is 11.2. The summed E-state index contributed by atoms with van der Waals surface area (Å²) < 4.78 is 0. The Balaban J connectivity index is 1.38. The summed E-state index contributed by atoms with van der Waals surface area (Å²) >= 11 is 1.68. The molecule has 4 amide bonds. The van der Waals surface area contributed by atoms with Crippen molar-refractivity contribution in [2.45, 2.75) is 55.9 Å². The van der Waals surface area contributed by atoms with Gasteiger partial charge in [-0.25, -0.2) is 4.79 Å². The lowest BCUT2D eigenvalue weighted by Crippen LogP contribution is -2.56. The van der Waals surface area contributed by atoms with E-state index in [0.29, 0.717) is 51.7 Å². The van der Waals surface area contributed by atoms with Gasteiger partial charge in [-0.15, -0.1) is 11.8 Å². The molecule has 0 spiro atoms. The third kappa shape index (κ3) is 5.53. The highest BCUT2D eigenvalue weighted by molar-refractivity contribution is 7.98. The van der Waals surface area contributed by atoms with Crippen molar-refractivity contribution in [3.05, 3.63) is 59.9 Å². The number of urea groups is 1. The standard InChI is InChI=1S/C27H34N4O3S/c1-3-14-27(25(33)31(26(34)29-27)18-13-22-6-4-5-15-28-22)21-11-16-30(17-12-21)24(32)19-20-7-9-23(35-2)10-8-20/h4-10,15,21H,3,11-14,16-19H2,1-2H3,(H,29,34). The fourth-order valence-electron chi connectivity index (χ4n) is 5.32. The van der Waals surface area contributed by atoms with E-state index in [2.05, 4.69) is 10.3 Å². The number of hydrogen-bond acceptors (Lipinski definition) is 5. The van der Waals surface area contributed by atoms with Crippen molar-refractivity contribution in [2.24, 2.45) is 5.92 Å². The van der Waals surface area contributed by atoms with Crippen molar-refractivity contribution < 1.29 is 14.4 Å². The second-order valence-electron chi connectivity index (χ2n) is 9.36. The topological polar surface area (TPSA) is 82.6 Å². The van der Waals surface area contributed by atoms with Gasteiger partial charge in [0.15, 0.2) is 0 Å². The summed E-state index contributed by atoms with van der Waals surface area (Å²) in [6.45, 7) is 3.57. The zero-order valence-corrected chi connectivity index (χ0v) is 21.4. The average Bonchev–Trinajstić information content (AvgIpc) is 3.13. The number of carbonyl (C=O) groups excluding carboxylic acids is 3. The molecule has 1 aromatic heterocycles. The molecular weight excluding hydrogens is 460 g/mol. The maximum absolute atomic E-state index is 13.6. The van der Waals surface area contributed by atoms with E-state index in [4.69, 9.17) is 0 Å². The molecule has 2 fully saturated rings. The summed E-state index contributed by atoms with van der Waals surface area (Å²) in [5, 5.41) is 3.08. The molecule has 8 heteroatoms. The van der Waals surface area contributed by atoms with E-state index in [1.54, 1.807) is 18.0 Å². The maximum atomic E-state index is 13.6. The van der Waals surface area contributed by atoms with Crippen molar-refractivity contribution in [2.75, 3.05) is 25.9 Å². The zero-order valence-electron chi connectivity index (χ0n) is 20.5. The quantitative estimate of drug-likeness (QED) is 0.422. The first-order valence-electron chi connectivity index (χ1n) is 12.4. The van der Waals surface area contributed by atoms with Gasteiger partial charge in [-0.2, -0.15) is 0 Å². The number of carbonyl (C=O) groups is 3. The van der Waals surface area contributed by atoms with Crippen LogP contribution in [0.25, 0.3) is 0 Å². The third-order valence-electron chi connectivity index (χ3n) is 7.22. The second-order valence-corrected chi connectivity index (χ2v) is 10.2. The SMILES string of the molecule is CCCC1(C2CCN(C(=O)Cc3ccc(SC)cc3)CC2)NC(=O)N(CCc2ccccn2)C1=O. The van der Waals surface area contributed by atoms with Gasteiger partial charge in [0.1, 0.15) is 5.54 Å². The minimum Gasteiger partial charge on any atom is -0.342 e. The average molecular weight is 495 g/mol. The Morgan fingerprint density at radius 2 is 1.89 bits per heavy atom. The van der Waals surface area contributed by atoms with Crippen molar-refractivity contribution in [3.63, 3.8) is 0 Å². The minimum atomic E-state index is -0.876. The highest BCUT2D eigenvalue weighted by Gasteiger charge is 2.55. The van der Waals surface area contributed by atoms with Crippen LogP contribution in [0.15, 0.2) is 53.6 Å². The lowest BCUT2D eigenvalue weighted by Gasteiger charge is -2.41. The van der Waals surface area contributed by atoms with Gasteiger partial charge in [-0.05, 0) is 61.3 Å². The molecule has 0 bridgehead atoms. The number of pyridine rings is 1. The Bertz CT molecular complexity index is 1040. The van der Waals surface area contributed by atoms with Gasteiger partial charge in [-0.3, -0.25) is 19.5 Å². The largest absolute Gasteiger partial charge is 0.342 e. The van der Waals surface area contributed by atoms with Crippen LogP contribution in [0, 0.1) is 5.92 Å². The highest BCUT2D eigenvalue weighted by Crippen LogP contribution is 2.37. The van der Waals surface area contributed by atoms with Gasteiger partial charge < -0.3 is 10.2 Å². The number of nitrogens with one attached hydrogen (secondary N) is 1. The number of thioether (sulfide) groups is 1. The highest BCUT2D eigenvalue weighted by atomic mass is 32.2. The molecule has 1 unspecified atom stereocenters. The Morgan fingerprint density at radius 3 is 2.51 bits per heavy atom. The van der Waals surface area contributed by atoms with E-state index < -0.39 is 5.54 Å². The molecule has 4 rings (SSSR count). The van der Waals surface area contributed by atoms with Crippen LogP contribution in [0.1, 0.15) is 43.9 Å². The van der Waals surface area contributed by atoms with Crippen LogP contribution in [0.4, 0.5) is 4.79 Å². The Kier molecular flexibility index (Phi) is 8.11. The molecule has 186 valence electrons. The molecule has 2 aromatic rings. The van der Waals surface area contributed by atoms with Crippen LogP contribution in [-0.2, 0) is 22.4 Å². The van der Waals surface area contributed by atoms with Crippen LogP contribution < -0.4 is 5.32 Å². The predicted octanol–water partition coefficient (Wildman–Crippen LogP) is 3.92. The normalized spacial score (nSPS) is 20.9. The molecule has 7 nitrogen and oxygen atoms in total. The molecule has 1 N–H and O–H groups in total. The van der Waals surface area contributed by atoms with Gasteiger partial charge in [0.2, 0.25) is 5.91 Å². The number of likely N-dealkylation sites (tertiary alicyclic amines) is 1. The first-order chi connectivity index (χ1) is 17.0. The van der Waals surface area contributed by atoms with Crippen LogP contribution in [0.5, 0.6) is 0 Å². The first kappa shape index (κ1) is 25.2. The van der Waals surface area contributed by atoms with Crippen LogP contribution in [0.3, 0.4) is 0 Å². The lowest BCUT2D eigenvalue weighted by atomic mass is 9.74. The summed E-state index contributed by atoms with van der Waals surface area (Å²) in [5.41, 5.74) is 0.994. The Morgan fingerprint density at radius 1 is 1.14 bits per heavy atom. The number of hydrogen-bond donors (Lipinski definition) is 1. The fourth-order valence-corrected chi connectivity index (χ4v) is 5.72. The van der Waals surface area contributed by atoms with Crippen molar-refractivity contribution >= 4 is 29.6 Å². The zero-order chi connectivity index (χ0) is 24.8. The van der Waals surface area contributed by atoms with Gasteiger partial charge in [0, 0.05) is 42.8 Å². The van der Waals surface area contributed by atoms with Crippen LogP contribution in [-0.4, -0.2) is 64.1 Å². The van der Waals surface area contributed by atoms with Crippen molar-refractivity contribution in [1.29, 1.82) is 0 Å². The van der Waals surface area contributed by atoms with Crippen molar-refractivity contribution in [3.8, 4) is 0 Å². The van der Waals surface area contributed by atoms with Crippen LogP contribution >= 0.6 is 11.8 Å². The minimum absolute atomic E-state index is 0.0173. The number of benzene rings is 1. The summed E-state index contributed by atoms with van der Waals surface area (Å²) in [5.74, 6) is 0.00580. The lowest BCUT2D eigenvalue weighted by molar-refractivity contribution is -0.136. The van der Waals surface area contributed by atoms with Gasteiger partial charge in [0.25, 0.3) is 5.91 Å². The molecule has 2 aliphatic heterocycles. The van der Waals surface area contributed by atoms with Gasteiger partial charge in [0.05, 0.1) is 6.42 Å². The van der Waals surface area contributed by atoms with E-state index in [-0.39, 0.29) is 23.8 Å². The summed E-state index contributed by atoms with van der Waals surface area (Å²) in [6, 6.07) is 13.5. The van der Waals surface area contributed by atoms with E-state index >= 15 is 0 Å². The summed E-state index contributed by atoms with van der Waals surface area (Å²) in [7, 11) is 0. The van der Waals surface area contributed by atoms with Gasteiger partial charge >= 0.3 is 6.03 Å². The van der Waals surface area contributed by atoms with Gasteiger partial charge in [-0.1, -0.05) is 31.5 Å². The Labute approximate surface area is 211 Å². The molecule has 0 saturated carbocycles. The summed E-state index contributed by atoms with van der Waals surface area (Å²) in [6.07, 6.45) is 7.49. The molecule has 0 radical (unpaired) electrons. The third-order valence-corrected chi connectivity index (χ3v) is 7.97. The number of aromatic nitrogens is 1. The molecule has 1 atom stereocenters. The number of imide groups is 1. The molecule has 0 aliphatic carbocycles. The number of rotatable bonds is 9. The van der Waals surface area contributed by atoms with E-state index in [9.17, 15) is 14.4 Å². The fraction of sp³-hybridized carbons (Fsp3) is 0.481. The smallest absolute Gasteiger partial charge is 0.325 e. The predicted molar refractivity (Wildman–Crippen MR) is 137 cm³/mol. The number of amides is 4. The Hall–Kier alpha value is -2.87.